The van der Waals surface area contributed by atoms with Gasteiger partial charge in [0.15, 0.2) is 0 Å². The lowest BCUT2D eigenvalue weighted by atomic mass is 9.91. The Bertz CT molecular complexity index is 408. The third-order valence-corrected chi connectivity index (χ3v) is 2.95. The van der Waals surface area contributed by atoms with Crippen LogP contribution in [0.2, 0.25) is 0 Å². The average molecular weight is 278 g/mol. The van der Waals surface area contributed by atoms with Gasteiger partial charge in [0.1, 0.15) is 0 Å². The Labute approximate surface area is 124 Å². The number of nitrogens with zero attached hydrogens (tertiary/aromatic N) is 1. The number of pyridine rings is 1. The van der Waals surface area contributed by atoms with Gasteiger partial charge in [0, 0.05) is 18.0 Å². The van der Waals surface area contributed by atoms with Gasteiger partial charge in [-0.15, -0.1) is 0 Å². The fraction of sp³-hybridized carbons (Fsp3) is 0.706. The second-order valence-corrected chi connectivity index (χ2v) is 6.83. The fourth-order valence-electron chi connectivity index (χ4n) is 1.78. The van der Waals surface area contributed by atoms with E-state index in [4.69, 9.17) is 4.74 Å². The first-order valence-corrected chi connectivity index (χ1v) is 7.68. The van der Waals surface area contributed by atoms with Crippen molar-refractivity contribution < 1.29 is 4.74 Å². The highest BCUT2D eigenvalue weighted by atomic mass is 16.5. The minimum atomic E-state index is 0.0384. The lowest BCUT2D eigenvalue weighted by Crippen LogP contribution is -2.18. The van der Waals surface area contributed by atoms with E-state index in [1.165, 1.54) is 5.56 Å². The molecule has 0 bridgehead atoms. The predicted molar refractivity (Wildman–Crippen MR) is 85.3 cm³/mol. The molecule has 0 saturated carbocycles. The number of nitrogens with one attached hydrogen (secondary N) is 1. The monoisotopic (exact) mass is 278 g/mol. The number of rotatable bonds is 7. The van der Waals surface area contributed by atoms with Crippen LogP contribution >= 0.6 is 0 Å². The van der Waals surface area contributed by atoms with Crippen LogP contribution in [0.3, 0.4) is 0 Å². The molecule has 1 rings (SSSR count). The smallest absolute Gasteiger partial charge is 0.213 e. The van der Waals surface area contributed by atoms with Gasteiger partial charge in [-0.2, -0.15) is 0 Å². The van der Waals surface area contributed by atoms with Crippen LogP contribution in [0.5, 0.6) is 5.88 Å². The van der Waals surface area contributed by atoms with Gasteiger partial charge in [0.05, 0.1) is 12.3 Å². The number of hydrogen-bond acceptors (Lipinski definition) is 3. The maximum Gasteiger partial charge on any atom is 0.213 e. The molecule has 0 fully saturated rings. The SMILES string of the molecule is CCCNCc1cc(OCC(C)C)nc(C(C)(C)C)c1. The Hall–Kier alpha value is -1.09. The summed E-state index contributed by atoms with van der Waals surface area (Å²) < 4.78 is 5.81. The van der Waals surface area contributed by atoms with Gasteiger partial charge in [-0.3, -0.25) is 0 Å². The topological polar surface area (TPSA) is 34.1 Å². The highest BCUT2D eigenvalue weighted by molar-refractivity contribution is 5.28. The Morgan fingerprint density at radius 3 is 2.50 bits per heavy atom. The second-order valence-electron chi connectivity index (χ2n) is 6.83. The van der Waals surface area contributed by atoms with Crippen LogP contribution in [-0.4, -0.2) is 18.1 Å². The standard InChI is InChI=1S/C17H30N2O/c1-7-8-18-11-14-9-15(17(4,5)6)19-16(10-14)20-12-13(2)3/h9-10,13,18H,7-8,11-12H2,1-6H3. The quantitative estimate of drug-likeness (QED) is 0.768. The summed E-state index contributed by atoms with van der Waals surface area (Å²) in [6.45, 7) is 15.7. The molecule has 0 saturated heterocycles. The molecule has 1 heterocycles. The van der Waals surface area contributed by atoms with E-state index >= 15 is 0 Å². The third kappa shape index (κ3) is 5.91. The van der Waals surface area contributed by atoms with Crippen LogP contribution in [0.1, 0.15) is 59.2 Å². The Morgan fingerprint density at radius 1 is 1.25 bits per heavy atom. The van der Waals surface area contributed by atoms with Gasteiger partial charge < -0.3 is 10.1 Å². The van der Waals surface area contributed by atoms with Gasteiger partial charge in [-0.1, -0.05) is 41.5 Å². The van der Waals surface area contributed by atoms with Crippen LogP contribution in [-0.2, 0) is 12.0 Å². The molecule has 0 aliphatic carbocycles. The molecular weight excluding hydrogens is 248 g/mol. The number of ether oxygens (including phenoxy) is 1. The van der Waals surface area contributed by atoms with Crippen molar-refractivity contribution in [2.45, 2.75) is 59.9 Å². The first-order chi connectivity index (χ1) is 9.32. The van der Waals surface area contributed by atoms with E-state index < -0.39 is 0 Å². The van der Waals surface area contributed by atoms with E-state index in [0.29, 0.717) is 12.5 Å². The van der Waals surface area contributed by atoms with Crippen LogP contribution in [0.25, 0.3) is 0 Å². The lowest BCUT2D eigenvalue weighted by molar-refractivity contribution is 0.259. The van der Waals surface area contributed by atoms with Crippen molar-refractivity contribution in [3.63, 3.8) is 0 Å². The van der Waals surface area contributed by atoms with Gasteiger partial charge in [-0.05, 0) is 30.5 Å². The van der Waals surface area contributed by atoms with Gasteiger partial charge >= 0.3 is 0 Å². The Kier molecular flexibility index (Phi) is 6.47. The summed E-state index contributed by atoms with van der Waals surface area (Å²) in [7, 11) is 0. The molecule has 0 aliphatic rings. The van der Waals surface area contributed by atoms with Gasteiger partial charge in [0.25, 0.3) is 0 Å². The highest BCUT2D eigenvalue weighted by Gasteiger charge is 2.17. The van der Waals surface area contributed by atoms with E-state index in [2.05, 4.69) is 64.0 Å². The summed E-state index contributed by atoms with van der Waals surface area (Å²) >= 11 is 0. The molecule has 114 valence electrons. The molecule has 3 nitrogen and oxygen atoms in total. The first kappa shape index (κ1) is 17.0. The highest BCUT2D eigenvalue weighted by Crippen LogP contribution is 2.24. The average Bonchev–Trinajstić information content (AvgIpc) is 2.35. The second kappa shape index (κ2) is 7.63. The normalized spacial score (nSPS) is 11.9. The molecule has 0 unspecified atom stereocenters. The van der Waals surface area contributed by atoms with Crippen molar-refractivity contribution in [3.8, 4) is 5.88 Å². The van der Waals surface area contributed by atoms with Crippen molar-refractivity contribution in [3.05, 3.63) is 23.4 Å². The van der Waals surface area contributed by atoms with E-state index in [-0.39, 0.29) is 5.41 Å². The molecule has 3 heteroatoms. The first-order valence-electron chi connectivity index (χ1n) is 7.68. The maximum atomic E-state index is 5.81. The van der Waals surface area contributed by atoms with E-state index in [1.807, 2.05) is 0 Å². The molecular formula is C17H30N2O. The zero-order chi connectivity index (χ0) is 15.2. The molecule has 0 amide bonds. The van der Waals surface area contributed by atoms with Crippen molar-refractivity contribution in [2.75, 3.05) is 13.2 Å². The summed E-state index contributed by atoms with van der Waals surface area (Å²) in [6, 6.07) is 4.24. The zero-order valence-corrected chi connectivity index (χ0v) is 13.9. The molecule has 0 aromatic carbocycles. The van der Waals surface area contributed by atoms with Crippen LogP contribution in [0.4, 0.5) is 0 Å². The molecule has 1 aromatic rings. The summed E-state index contributed by atoms with van der Waals surface area (Å²) in [5, 5.41) is 3.44. The van der Waals surface area contributed by atoms with E-state index in [9.17, 15) is 0 Å². The summed E-state index contributed by atoms with van der Waals surface area (Å²) in [5.74, 6) is 1.26. The summed E-state index contributed by atoms with van der Waals surface area (Å²) in [4.78, 5) is 4.65. The van der Waals surface area contributed by atoms with Gasteiger partial charge in [0.2, 0.25) is 5.88 Å². The molecule has 0 aliphatic heterocycles. The van der Waals surface area contributed by atoms with Crippen LogP contribution < -0.4 is 10.1 Å². The van der Waals surface area contributed by atoms with Gasteiger partial charge in [-0.25, -0.2) is 4.98 Å². The lowest BCUT2D eigenvalue weighted by Gasteiger charge is -2.20. The Balaban J connectivity index is 2.89. The molecule has 0 atom stereocenters. The number of hydrogen-bond donors (Lipinski definition) is 1. The largest absolute Gasteiger partial charge is 0.477 e. The molecule has 0 radical (unpaired) electrons. The van der Waals surface area contributed by atoms with Crippen LogP contribution in [0.15, 0.2) is 12.1 Å². The Morgan fingerprint density at radius 2 is 1.95 bits per heavy atom. The van der Waals surface area contributed by atoms with E-state index in [0.717, 1.165) is 31.1 Å². The minimum absolute atomic E-state index is 0.0384. The third-order valence-electron chi connectivity index (χ3n) is 2.95. The minimum Gasteiger partial charge on any atom is -0.477 e. The zero-order valence-electron chi connectivity index (χ0n) is 13.9. The summed E-state index contributed by atoms with van der Waals surface area (Å²) in [6.07, 6.45) is 1.15. The van der Waals surface area contributed by atoms with Crippen molar-refractivity contribution in [1.82, 2.24) is 10.3 Å². The molecule has 1 N–H and O–H groups in total. The molecule has 20 heavy (non-hydrogen) atoms. The summed E-state index contributed by atoms with van der Waals surface area (Å²) in [5.41, 5.74) is 2.38. The molecule has 1 aromatic heterocycles. The fourth-order valence-corrected chi connectivity index (χ4v) is 1.78. The van der Waals surface area contributed by atoms with Crippen molar-refractivity contribution in [1.29, 1.82) is 0 Å². The van der Waals surface area contributed by atoms with Crippen LogP contribution in [0, 0.1) is 5.92 Å². The molecule has 0 spiro atoms. The van der Waals surface area contributed by atoms with E-state index in [1.54, 1.807) is 0 Å². The maximum absolute atomic E-state index is 5.81. The number of aromatic nitrogens is 1. The predicted octanol–water partition coefficient (Wildman–Crippen LogP) is 3.91. The van der Waals surface area contributed by atoms with Crippen molar-refractivity contribution >= 4 is 0 Å². The van der Waals surface area contributed by atoms with Crippen molar-refractivity contribution in [2.24, 2.45) is 5.92 Å².